The van der Waals surface area contributed by atoms with Crippen LogP contribution >= 0.6 is 36.0 Å². The molecule has 0 fully saturated rings. The summed E-state index contributed by atoms with van der Waals surface area (Å²) in [6.07, 6.45) is 0. The van der Waals surface area contributed by atoms with Crippen LogP contribution in [0.4, 0.5) is 5.69 Å². The molecule has 0 atom stereocenters. The summed E-state index contributed by atoms with van der Waals surface area (Å²) in [6, 6.07) is 5.71. The number of rotatable bonds is 2. The van der Waals surface area contributed by atoms with Crippen molar-refractivity contribution in [3.63, 3.8) is 0 Å². The molecule has 0 saturated heterocycles. The van der Waals surface area contributed by atoms with Gasteiger partial charge in [-0.2, -0.15) is 0 Å². The van der Waals surface area contributed by atoms with Crippen LogP contribution in [0.25, 0.3) is 0 Å². The standard InChI is InChI=1S/C14H19ClN2S2/c1-14(2,3)13(19)16-9-6-7-10(11(15)8-9)12(18)17(4)5/h6-8H,1-5H3,(H,16,19). The van der Waals surface area contributed by atoms with E-state index in [0.717, 1.165) is 21.2 Å². The predicted molar refractivity (Wildman–Crippen MR) is 92.5 cm³/mol. The highest BCUT2D eigenvalue weighted by atomic mass is 35.5. The number of hydrogen-bond acceptors (Lipinski definition) is 2. The van der Waals surface area contributed by atoms with Gasteiger partial charge in [-0.05, 0) is 18.2 Å². The van der Waals surface area contributed by atoms with Gasteiger partial charge in [0.25, 0.3) is 0 Å². The Morgan fingerprint density at radius 2 is 1.79 bits per heavy atom. The van der Waals surface area contributed by atoms with Gasteiger partial charge in [0, 0.05) is 30.8 Å². The van der Waals surface area contributed by atoms with Crippen molar-refractivity contribution >= 4 is 51.7 Å². The van der Waals surface area contributed by atoms with Crippen molar-refractivity contribution in [2.24, 2.45) is 5.41 Å². The average molecular weight is 315 g/mol. The second-order valence-electron chi connectivity index (χ2n) is 5.60. The molecule has 19 heavy (non-hydrogen) atoms. The van der Waals surface area contributed by atoms with Crippen molar-refractivity contribution in [2.45, 2.75) is 20.8 Å². The molecule has 0 saturated carbocycles. The third-order valence-electron chi connectivity index (χ3n) is 2.54. The molecule has 1 aromatic rings. The summed E-state index contributed by atoms with van der Waals surface area (Å²) in [7, 11) is 3.80. The minimum absolute atomic E-state index is 0.0700. The maximum Gasteiger partial charge on any atom is 0.110 e. The predicted octanol–water partition coefficient (Wildman–Crippen LogP) is 4.36. The molecule has 2 nitrogen and oxygen atoms in total. The van der Waals surface area contributed by atoms with Crippen LogP contribution in [0.3, 0.4) is 0 Å². The van der Waals surface area contributed by atoms with Crippen molar-refractivity contribution < 1.29 is 0 Å². The van der Waals surface area contributed by atoms with Crippen LogP contribution in [0.2, 0.25) is 5.02 Å². The van der Waals surface area contributed by atoms with Crippen LogP contribution in [0.1, 0.15) is 26.3 Å². The van der Waals surface area contributed by atoms with E-state index in [2.05, 4.69) is 26.1 Å². The maximum atomic E-state index is 6.27. The zero-order valence-corrected chi connectivity index (χ0v) is 14.3. The molecule has 0 aromatic heterocycles. The first-order valence-corrected chi connectivity index (χ1v) is 7.15. The Kier molecular flexibility index (Phi) is 5.30. The van der Waals surface area contributed by atoms with Gasteiger partial charge in [0.2, 0.25) is 0 Å². The summed E-state index contributed by atoms with van der Waals surface area (Å²) < 4.78 is 0. The molecule has 1 aromatic carbocycles. The summed E-state index contributed by atoms with van der Waals surface area (Å²) in [5.41, 5.74) is 1.67. The molecular weight excluding hydrogens is 296 g/mol. The molecule has 0 aliphatic carbocycles. The fourth-order valence-corrected chi connectivity index (χ4v) is 1.95. The van der Waals surface area contributed by atoms with Crippen LogP contribution in [0.15, 0.2) is 18.2 Å². The Bertz CT molecular complexity index is 505. The third-order valence-corrected chi connectivity index (χ3v) is 4.16. The van der Waals surface area contributed by atoms with Gasteiger partial charge in [-0.1, -0.05) is 56.8 Å². The second-order valence-corrected chi connectivity index (χ2v) is 6.80. The lowest BCUT2D eigenvalue weighted by atomic mass is 9.96. The van der Waals surface area contributed by atoms with Crippen molar-refractivity contribution in [3.05, 3.63) is 28.8 Å². The number of thiocarbonyl (C=S) groups is 2. The van der Waals surface area contributed by atoms with Crippen LogP contribution in [-0.2, 0) is 0 Å². The first kappa shape index (κ1) is 16.3. The summed E-state index contributed by atoms with van der Waals surface area (Å²) in [5.74, 6) is 0. The van der Waals surface area contributed by atoms with E-state index in [1.54, 1.807) is 0 Å². The molecule has 0 aliphatic heterocycles. The van der Waals surface area contributed by atoms with Gasteiger partial charge in [-0.15, -0.1) is 0 Å². The Balaban J connectivity index is 2.95. The first-order valence-electron chi connectivity index (χ1n) is 5.95. The molecule has 0 spiro atoms. The van der Waals surface area contributed by atoms with Gasteiger partial charge >= 0.3 is 0 Å². The number of nitrogens with one attached hydrogen (secondary N) is 1. The van der Waals surface area contributed by atoms with Crippen LogP contribution in [0.5, 0.6) is 0 Å². The van der Waals surface area contributed by atoms with E-state index in [4.69, 9.17) is 36.0 Å². The Hall–Kier alpha value is -0.710. The molecule has 0 unspecified atom stereocenters. The second kappa shape index (κ2) is 6.16. The fourth-order valence-electron chi connectivity index (χ4n) is 1.33. The van der Waals surface area contributed by atoms with Crippen molar-refractivity contribution in [3.8, 4) is 0 Å². The highest BCUT2D eigenvalue weighted by molar-refractivity contribution is 7.81. The quantitative estimate of drug-likeness (QED) is 0.815. The number of nitrogens with zero attached hydrogens (tertiary/aromatic N) is 1. The summed E-state index contributed by atoms with van der Waals surface area (Å²) >= 11 is 16.9. The molecule has 1 N–H and O–H groups in total. The first-order chi connectivity index (χ1) is 8.62. The van der Waals surface area contributed by atoms with Crippen LogP contribution in [-0.4, -0.2) is 29.0 Å². The smallest absolute Gasteiger partial charge is 0.110 e. The molecule has 1 rings (SSSR count). The monoisotopic (exact) mass is 314 g/mol. The lowest BCUT2D eigenvalue weighted by Crippen LogP contribution is -2.26. The maximum absolute atomic E-state index is 6.27. The minimum Gasteiger partial charge on any atom is -0.368 e. The highest BCUT2D eigenvalue weighted by Crippen LogP contribution is 2.24. The van der Waals surface area contributed by atoms with Crippen molar-refractivity contribution in [1.29, 1.82) is 0 Å². The van der Waals surface area contributed by atoms with E-state index in [0.29, 0.717) is 5.02 Å². The van der Waals surface area contributed by atoms with Crippen molar-refractivity contribution in [1.82, 2.24) is 4.90 Å². The Morgan fingerprint density at radius 3 is 2.21 bits per heavy atom. The minimum atomic E-state index is -0.0700. The van der Waals surface area contributed by atoms with Crippen LogP contribution in [0, 0.1) is 5.41 Å². The number of hydrogen-bond donors (Lipinski definition) is 1. The van der Waals surface area contributed by atoms with Gasteiger partial charge in [0.1, 0.15) is 4.99 Å². The molecule has 0 amide bonds. The highest BCUT2D eigenvalue weighted by Gasteiger charge is 2.17. The molecule has 0 radical (unpaired) electrons. The normalized spacial score (nSPS) is 11.1. The molecule has 0 bridgehead atoms. The van der Waals surface area contributed by atoms with Crippen LogP contribution < -0.4 is 5.32 Å². The van der Waals surface area contributed by atoms with Gasteiger partial charge in [0.05, 0.1) is 10.0 Å². The SMILES string of the molecule is CN(C)C(=S)c1ccc(NC(=S)C(C)(C)C)cc1Cl. The van der Waals surface area contributed by atoms with Crippen molar-refractivity contribution in [2.75, 3.05) is 19.4 Å². The fraction of sp³-hybridized carbons (Fsp3) is 0.429. The van der Waals surface area contributed by atoms with E-state index in [9.17, 15) is 0 Å². The van der Waals surface area contributed by atoms with E-state index in [1.807, 2.05) is 37.2 Å². The van der Waals surface area contributed by atoms with E-state index < -0.39 is 0 Å². The zero-order chi connectivity index (χ0) is 14.8. The largest absolute Gasteiger partial charge is 0.368 e. The van der Waals surface area contributed by atoms with Gasteiger partial charge in [0.15, 0.2) is 0 Å². The average Bonchev–Trinajstić information content (AvgIpc) is 2.26. The zero-order valence-electron chi connectivity index (χ0n) is 11.9. The van der Waals surface area contributed by atoms with E-state index >= 15 is 0 Å². The Labute approximate surface area is 131 Å². The Morgan fingerprint density at radius 1 is 1.21 bits per heavy atom. The molecule has 0 heterocycles. The molecule has 0 aliphatic rings. The number of anilines is 1. The summed E-state index contributed by atoms with van der Waals surface area (Å²) in [5, 5.41) is 3.83. The van der Waals surface area contributed by atoms with E-state index in [-0.39, 0.29) is 5.41 Å². The summed E-state index contributed by atoms with van der Waals surface area (Å²) in [4.78, 5) is 3.37. The number of halogens is 1. The lowest BCUT2D eigenvalue weighted by Gasteiger charge is -2.22. The van der Waals surface area contributed by atoms with E-state index in [1.165, 1.54) is 0 Å². The third kappa shape index (κ3) is 4.41. The van der Waals surface area contributed by atoms with Gasteiger partial charge in [-0.25, -0.2) is 0 Å². The summed E-state index contributed by atoms with van der Waals surface area (Å²) in [6.45, 7) is 6.21. The lowest BCUT2D eigenvalue weighted by molar-refractivity contribution is 0.600. The van der Waals surface area contributed by atoms with Gasteiger partial charge in [-0.3, -0.25) is 0 Å². The molecule has 104 valence electrons. The topological polar surface area (TPSA) is 15.3 Å². The molecular formula is C14H19ClN2S2. The van der Waals surface area contributed by atoms with Gasteiger partial charge < -0.3 is 10.2 Å². The number of benzene rings is 1. The molecule has 5 heteroatoms.